The standard InChI is InChI=1S/C44H74O19/c1-18(15-57-40-37(54)34(51)32(49)28(14-45)61-40)7-10-44(56)19(2)30-27(63-44)12-23-21-6-5-20-11-26(24(46)13-43(20,4)22(21)8-9-42(23,30)3)60-41-38(55)35(52)33(50)29(62-41)17-59-39-36(53)31(48)25(47)16-58-39/h18-41,45-56H,5-17H2,1-4H3/t18-,19-,20-,21+,22-,23-,24-,25+,26+,27+,28+,29+,30-,31-,32+,33+,34-,35-,36+,37+,38+,39-,40+,41+,42-,43-,44-/m0/s1. The first-order valence-corrected chi connectivity index (χ1v) is 23.3. The van der Waals surface area contributed by atoms with Crippen molar-refractivity contribution in [3.8, 4) is 0 Å². The highest BCUT2D eigenvalue weighted by Gasteiger charge is 2.69. The summed E-state index contributed by atoms with van der Waals surface area (Å²) in [4.78, 5) is 0. The molecule has 8 aliphatic rings. The summed E-state index contributed by atoms with van der Waals surface area (Å²) in [6.45, 7) is 7.67. The van der Waals surface area contributed by atoms with Crippen molar-refractivity contribution in [2.24, 2.45) is 52.3 Å². The topological polar surface area (TPSA) is 307 Å². The van der Waals surface area contributed by atoms with Crippen molar-refractivity contribution >= 4 is 0 Å². The predicted octanol–water partition coefficient (Wildman–Crippen LogP) is -2.17. The van der Waals surface area contributed by atoms with E-state index in [0.717, 1.165) is 32.1 Å². The van der Waals surface area contributed by atoms with Gasteiger partial charge in [-0.25, -0.2) is 0 Å². The highest BCUT2D eigenvalue weighted by molar-refractivity contribution is 5.15. The maximum Gasteiger partial charge on any atom is 0.187 e. The van der Waals surface area contributed by atoms with Gasteiger partial charge < -0.3 is 94.4 Å². The fourth-order valence-corrected chi connectivity index (χ4v) is 13.8. The lowest BCUT2D eigenvalue weighted by molar-refractivity contribution is -0.336. The first kappa shape index (κ1) is 48.7. The van der Waals surface area contributed by atoms with E-state index >= 15 is 0 Å². The van der Waals surface area contributed by atoms with Crippen LogP contribution in [0.3, 0.4) is 0 Å². The first-order chi connectivity index (χ1) is 29.7. The van der Waals surface area contributed by atoms with Gasteiger partial charge in [0.05, 0.1) is 44.7 Å². The number of rotatable bonds is 12. The third-order valence-corrected chi connectivity index (χ3v) is 17.6. The second-order valence-electron chi connectivity index (χ2n) is 21.2. The highest BCUT2D eigenvalue weighted by Crippen LogP contribution is 2.71. The van der Waals surface area contributed by atoms with Gasteiger partial charge in [0.25, 0.3) is 0 Å². The van der Waals surface area contributed by atoms with Crippen LogP contribution in [0.2, 0.25) is 0 Å². The van der Waals surface area contributed by atoms with Crippen LogP contribution < -0.4 is 0 Å². The van der Waals surface area contributed by atoms with E-state index in [1.165, 1.54) is 0 Å². The molecule has 4 aliphatic carbocycles. The molecule has 19 heteroatoms. The SMILES string of the molecule is C[C@@H](CC[C@]1(O)O[C@@H]2C[C@H]3[C@@H]4CC[C@H]5C[C@@H](O[C@@H]6O[C@H](CO[C@@H]7OC[C@@H](O)[C@H](O)[C@H]7O)[C@@H](O)[C@H](O)[C@H]6O)[C@@H](O)C[C@]5(C)[C@H]4CC[C@]3(C)[C@H]2[C@@H]1C)CO[C@@H]1O[C@H](CO)[C@@H](O)[C@H](O)[C@H]1O. The summed E-state index contributed by atoms with van der Waals surface area (Å²) in [5.41, 5.74) is -0.225. The average Bonchev–Trinajstić information content (AvgIpc) is 3.69. The Hall–Kier alpha value is -0.760. The fraction of sp³-hybridized carbons (Fsp3) is 1.00. The lowest BCUT2D eigenvalue weighted by atomic mass is 9.44. The largest absolute Gasteiger partial charge is 0.394 e. The summed E-state index contributed by atoms with van der Waals surface area (Å²) >= 11 is 0. The highest BCUT2D eigenvalue weighted by atomic mass is 16.7. The van der Waals surface area contributed by atoms with Gasteiger partial charge in [-0.3, -0.25) is 0 Å². The van der Waals surface area contributed by atoms with E-state index in [1.807, 2.05) is 6.92 Å². The van der Waals surface area contributed by atoms with Crippen LogP contribution >= 0.6 is 0 Å². The molecule has 0 aromatic rings. The van der Waals surface area contributed by atoms with Gasteiger partial charge in [0.1, 0.15) is 67.1 Å². The molecular formula is C44H74O19. The summed E-state index contributed by atoms with van der Waals surface area (Å²) in [6, 6.07) is 0. The lowest BCUT2D eigenvalue weighted by Crippen LogP contribution is -2.62. The molecule has 364 valence electrons. The van der Waals surface area contributed by atoms with Gasteiger partial charge in [0.2, 0.25) is 0 Å². The molecule has 0 bridgehead atoms. The van der Waals surface area contributed by atoms with Crippen LogP contribution in [0.15, 0.2) is 0 Å². The Morgan fingerprint density at radius 1 is 0.698 bits per heavy atom. The Kier molecular flexibility index (Phi) is 14.4. The Bertz CT molecular complexity index is 1550. The lowest BCUT2D eigenvalue weighted by Gasteiger charge is -2.62. The van der Waals surface area contributed by atoms with Crippen molar-refractivity contribution < 1.29 is 94.4 Å². The van der Waals surface area contributed by atoms with E-state index in [1.54, 1.807) is 0 Å². The summed E-state index contributed by atoms with van der Waals surface area (Å²) in [5, 5.41) is 126. The zero-order valence-corrected chi connectivity index (χ0v) is 36.8. The van der Waals surface area contributed by atoms with Gasteiger partial charge in [0, 0.05) is 12.3 Å². The van der Waals surface area contributed by atoms with E-state index in [2.05, 4.69) is 20.8 Å². The van der Waals surface area contributed by atoms with Crippen molar-refractivity contribution in [1.29, 1.82) is 0 Å². The van der Waals surface area contributed by atoms with E-state index in [0.29, 0.717) is 43.4 Å². The zero-order valence-electron chi connectivity index (χ0n) is 36.8. The molecule has 0 amide bonds. The molecular weight excluding hydrogens is 832 g/mol. The molecule has 4 heterocycles. The molecule has 0 unspecified atom stereocenters. The van der Waals surface area contributed by atoms with E-state index in [-0.39, 0.29) is 53.8 Å². The van der Waals surface area contributed by atoms with E-state index in [9.17, 15) is 61.3 Å². The minimum absolute atomic E-state index is 0.0436. The van der Waals surface area contributed by atoms with Crippen molar-refractivity contribution in [2.45, 2.75) is 196 Å². The number of hydrogen-bond donors (Lipinski definition) is 12. The second kappa shape index (κ2) is 18.6. The molecule has 0 spiro atoms. The monoisotopic (exact) mass is 906 g/mol. The van der Waals surface area contributed by atoms with Crippen molar-refractivity contribution in [1.82, 2.24) is 0 Å². The van der Waals surface area contributed by atoms with E-state index < -0.39 is 117 Å². The minimum atomic E-state index is -1.66. The molecule has 27 atom stereocenters. The smallest absolute Gasteiger partial charge is 0.187 e. The molecule has 0 aromatic heterocycles. The van der Waals surface area contributed by atoms with Gasteiger partial charge in [0.15, 0.2) is 24.7 Å². The van der Waals surface area contributed by atoms with Crippen LogP contribution in [0, 0.1) is 52.3 Å². The van der Waals surface area contributed by atoms with Crippen LogP contribution in [0.1, 0.15) is 85.5 Å². The van der Waals surface area contributed by atoms with Crippen molar-refractivity contribution in [2.75, 3.05) is 26.4 Å². The van der Waals surface area contributed by atoms with Gasteiger partial charge in [-0.1, -0.05) is 27.7 Å². The third kappa shape index (κ3) is 8.69. The molecule has 4 aliphatic heterocycles. The molecule has 0 aromatic carbocycles. The zero-order chi connectivity index (χ0) is 45.5. The number of aliphatic hydroxyl groups is 12. The number of aliphatic hydroxyl groups excluding tert-OH is 11. The van der Waals surface area contributed by atoms with Gasteiger partial charge >= 0.3 is 0 Å². The van der Waals surface area contributed by atoms with Crippen LogP contribution in [-0.2, 0) is 33.2 Å². The van der Waals surface area contributed by atoms with Gasteiger partial charge in [-0.05, 0) is 97.7 Å². The Morgan fingerprint density at radius 2 is 1.37 bits per heavy atom. The molecule has 4 saturated heterocycles. The second-order valence-corrected chi connectivity index (χ2v) is 21.2. The third-order valence-electron chi connectivity index (χ3n) is 17.6. The summed E-state index contributed by atoms with van der Waals surface area (Å²) < 4.78 is 40.9. The molecule has 4 saturated carbocycles. The molecule has 8 rings (SSSR count). The molecule has 0 radical (unpaired) electrons. The Morgan fingerprint density at radius 3 is 2.08 bits per heavy atom. The summed E-state index contributed by atoms with van der Waals surface area (Å²) in [6.07, 6.45) is -14.9. The Balaban J connectivity index is 0.848. The maximum atomic E-state index is 12.0. The van der Waals surface area contributed by atoms with Gasteiger partial charge in [-0.2, -0.15) is 0 Å². The molecule has 63 heavy (non-hydrogen) atoms. The van der Waals surface area contributed by atoms with E-state index in [4.69, 9.17) is 33.2 Å². The number of fused-ring (bicyclic) bond motifs is 7. The van der Waals surface area contributed by atoms with Crippen LogP contribution in [0.4, 0.5) is 0 Å². The Labute approximate surface area is 368 Å². The minimum Gasteiger partial charge on any atom is -0.394 e. The maximum absolute atomic E-state index is 12.0. The quantitative estimate of drug-likeness (QED) is 0.0928. The van der Waals surface area contributed by atoms with Gasteiger partial charge in [-0.15, -0.1) is 0 Å². The summed E-state index contributed by atoms with van der Waals surface area (Å²) in [7, 11) is 0. The predicted molar refractivity (Wildman–Crippen MR) is 214 cm³/mol. The number of ether oxygens (including phenoxy) is 7. The van der Waals surface area contributed by atoms with Crippen molar-refractivity contribution in [3.63, 3.8) is 0 Å². The van der Waals surface area contributed by atoms with Crippen LogP contribution in [0.25, 0.3) is 0 Å². The van der Waals surface area contributed by atoms with Crippen molar-refractivity contribution in [3.05, 3.63) is 0 Å². The first-order valence-electron chi connectivity index (χ1n) is 23.3. The fourth-order valence-electron chi connectivity index (χ4n) is 13.8. The molecule has 12 N–H and O–H groups in total. The molecule has 8 fully saturated rings. The van der Waals surface area contributed by atoms with Crippen LogP contribution in [-0.4, -0.2) is 198 Å². The molecule has 19 nitrogen and oxygen atoms in total. The van der Waals surface area contributed by atoms with Crippen LogP contribution in [0.5, 0.6) is 0 Å². The average molecular weight is 907 g/mol. The number of hydrogen-bond acceptors (Lipinski definition) is 19. The normalized spacial score (nSPS) is 56.3. The summed E-state index contributed by atoms with van der Waals surface area (Å²) in [5.74, 6) is 0.0396.